The number of aryl methyl sites for hydroxylation is 1. The Balaban J connectivity index is 1.44. The van der Waals surface area contributed by atoms with E-state index in [1.54, 1.807) is 0 Å². The molecule has 2 heterocycles. The second kappa shape index (κ2) is 8.81. The van der Waals surface area contributed by atoms with E-state index in [-0.39, 0.29) is 12.1 Å². The Kier molecular flexibility index (Phi) is 5.94. The Morgan fingerprint density at radius 1 is 1.23 bits per heavy atom. The van der Waals surface area contributed by atoms with Gasteiger partial charge in [-0.15, -0.1) is 11.3 Å². The molecule has 31 heavy (non-hydrogen) atoms. The first kappa shape index (κ1) is 20.9. The molecule has 3 aromatic rings. The van der Waals surface area contributed by atoms with Gasteiger partial charge in [0, 0.05) is 16.8 Å². The van der Waals surface area contributed by atoms with E-state index in [2.05, 4.69) is 22.5 Å². The van der Waals surface area contributed by atoms with Crippen LogP contribution in [-0.2, 0) is 24.2 Å². The van der Waals surface area contributed by atoms with Crippen LogP contribution in [0.2, 0.25) is 0 Å². The van der Waals surface area contributed by atoms with Crippen molar-refractivity contribution in [2.75, 3.05) is 10.6 Å². The van der Waals surface area contributed by atoms with Crippen molar-refractivity contribution < 1.29 is 14.0 Å². The van der Waals surface area contributed by atoms with Gasteiger partial charge in [0.05, 0.1) is 5.69 Å². The van der Waals surface area contributed by atoms with Crippen LogP contribution >= 0.6 is 11.3 Å². The number of fused-ring (bicyclic) bond motifs is 1. The summed E-state index contributed by atoms with van der Waals surface area (Å²) in [5.41, 5.74) is 0.693. The van der Waals surface area contributed by atoms with Crippen LogP contribution in [0, 0.1) is 11.7 Å². The number of amides is 2. The van der Waals surface area contributed by atoms with Crippen LogP contribution in [0.5, 0.6) is 0 Å². The molecule has 0 saturated carbocycles. The van der Waals surface area contributed by atoms with Crippen LogP contribution < -0.4 is 16.2 Å². The minimum absolute atomic E-state index is 0.113. The Morgan fingerprint density at radius 3 is 2.77 bits per heavy atom. The summed E-state index contributed by atoms with van der Waals surface area (Å²) in [7, 11) is 0. The molecule has 1 aromatic carbocycles. The Morgan fingerprint density at radius 2 is 2.00 bits per heavy atom. The predicted octanol–water partition coefficient (Wildman–Crippen LogP) is 3.46. The second-order valence-corrected chi connectivity index (χ2v) is 8.68. The summed E-state index contributed by atoms with van der Waals surface area (Å²) in [6.07, 6.45) is 4.42. The maximum atomic E-state index is 13.0. The Hall–Kier alpha value is -3.33. The van der Waals surface area contributed by atoms with Gasteiger partial charge in [-0.2, -0.15) is 0 Å². The fourth-order valence-electron chi connectivity index (χ4n) is 3.47. The van der Waals surface area contributed by atoms with Crippen molar-refractivity contribution in [1.29, 1.82) is 0 Å². The standard InChI is InChI=1S/C22H21FN4O3S/c1-13-4-9-17-18(11-13)31-22(25-17)26-19(28)12-27-10-2-3-16(21(27)30)20(29)24-15-7-5-14(23)6-8-15/h2-3,5-8,10,13H,4,9,11-12H2,1H3,(H,24,29)(H,25,26,28)/t13-/m1/s1. The van der Waals surface area contributed by atoms with Crippen molar-refractivity contribution in [3.63, 3.8) is 0 Å². The maximum absolute atomic E-state index is 13.0. The van der Waals surface area contributed by atoms with Gasteiger partial charge in [0.2, 0.25) is 5.91 Å². The van der Waals surface area contributed by atoms with Crippen LogP contribution in [0.3, 0.4) is 0 Å². The highest BCUT2D eigenvalue weighted by atomic mass is 32.1. The summed E-state index contributed by atoms with van der Waals surface area (Å²) in [6.45, 7) is 1.96. The Bertz CT molecular complexity index is 1190. The molecule has 0 spiro atoms. The number of hydrogen-bond donors (Lipinski definition) is 2. The zero-order chi connectivity index (χ0) is 22.0. The first-order valence-corrected chi connectivity index (χ1v) is 10.8. The van der Waals surface area contributed by atoms with Crippen LogP contribution in [0.1, 0.15) is 34.3 Å². The van der Waals surface area contributed by atoms with Gasteiger partial charge in [-0.25, -0.2) is 9.37 Å². The number of thiazole rings is 1. The fourth-order valence-corrected chi connectivity index (χ4v) is 4.66. The first-order chi connectivity index (χ1) is 14.9. The third-order valence-electron chi connectivity index (χ3n) is 5.11. The van der Waals surface area contributed by atoms with Gasteiger partial charge in [0.1, 0.15) is 17.9 Å². The number of carbonyl (C=O) groups excluding carboxylic acids is 2. The van der Waals surface area contributed by atoms with E-state index in [4.69, 9.17) is 0 Å². The van der Waals surface area contributed by atoms with Crippen LogP contribution in [0.4, 0.5) is 15.2 Å². The van der Waals surface area contributed by atoms with Crippen molar-refractivity contribution >= 4 is 34.0 Å². The molecule has 0 fully saturated rings. The predicted molar refractivity (Wildman–Crippen MR) is 117 cm³/mol. The van der Waals surface area contributed by atoms with E-state index in [9.17, 15) is 18.8 Å². The van der Waals surface area contributed by atoms with Gasteiger partial charge in [0.25, 0.3) is 11.5 Å². The molecule has 1 aliphatic rings. The zero-order valence-electron chi connectivity index (χ0n) is 16.9. The molecule has 2 N–H and O–H groups in total. The van der Waals surface area contributed by atoms with E-state index < -0.39 is 23.2 Å². The third-order valence-corrected chi connectivity index (χ3v) is 6.15. The van der Waals surface area contributed by atoms with Gasteiger partial charge >= 0.3 is 0 Å². The molecular formula is C22H21FN4O3S. The molecule has 0 radical (unpaired) electrons. The molecule has 1 atom stereocenters. The average molecular weight is 441 g/mol. The number of rotatable bonds is 5. The normalized spacial score (nSPS) is 15.2. The monoisotopic (exact) mass is 440 g/mol. The molecule has 0 bridgehead atoms. The summed E-state index contributed by atoms with van der Waals surface area (Å²) in [4.78, 5) is 43.3. The molecule has 9 heteroatoms. The van der Waals surface area contributed by atoms with Crippen molar-refractivity contribution in [2.24, 2.45) is 5.92 Å². The number of hydrogen-bond acceptors (Lipinski definition) is 5. The number of pyridine rings is 1. The highest BCUT2D eigenvalue weighted by Crippen LogP contribution is 2.32. The third kappa shape index (κ3) is 4.88. The minimum Gasteiger partial charge on any atom is -0.322 e. The molecule has 1 aliphatic carbocycles. The highest BCUT2D eigenvalue weighted by molar-refractivity contribution is 7.15. The quantitative estimate of drug-likeness (QED) is 0.636. The molecule has 0 unspecified atom stereocenters. The molecule has 4 rings (SSSR count). The summed E-state index contributed by atoms with van der Waals surface area (Å²) in [5, 5.41) is 5.84. The summed E-state index contributed by atoms with van der Waals surface area (Å²) >= 11 is 1.47. The van der Waals surface area contributed by atoms with Crippen molar-refractivity contribution in [1.82, 2.24) is 9.55 Å². The lowest BCUT2D eigenvalue weighted by atomic mass is 9.93. The molecule has 2 amide bonds. The summed E-state index contributed by atoms with van der Waals surface area (Å²) in [6, 6.07) is 8.12. The fraction of sp³-hybridized carbons (Fsp3) is 0.273. The maximum Gasteiger partial charge on any atom is 0.263 e. The topological polar surface area (TPSA) is 93.1 Å². The second-order valence-electron chi connectivity index (χ2n) is 7.60. The average Bonchev–Trinajstić information content (AvgIpc) is 3.12. The lowest BCUT2D eigenvalue weighted by Gasteiger charge is -2.15. The number of halogens is 1. The molecule has 7 nitrogen and oxygen atoms in total. The van der Waals surface area contributed by atoms with E-state index in [1.807, 2.05) is 0 Å². The first-order valence-electron chi connectivity index (χ1n) is 9.94. The van der Waals surface area contributed by atoms with Gasteiger partial charge in [-0.3, -0.25) is 14.4 Å². The van der Waals surface area contributed by atoms with Gasteiger partial charge in [-0.1, -0.05) is 6.92 Å². The number of nitrogens with zero attached hydrogens (tertiary/aromatic N) is 2. The SMILES string of the molecule is C[C@@H]1CCc2nc(NC(=O)Cn3cccc(C(=O)Nc4ccc(F)cc4)c3=O)sc2C1. The van der Waals surface area contributed by atoms with Crippen molar-refractivity contribution in [2.45, 2.75) is 32.7 Å². The summed E-state index contributed by atoms with van der Waals surface area (Å²) < 4.78 is 14.2. The molecule has 0 saturated heterocycles. The number of anilines is 2. The molecule has 0 aliphatic heterocycles. The van der Waals surface area contributed by atoms with E-state index >= 15 is 0 Å². The van der Waals surface area contributed by atoms with E-state index in [1.165, 1.54) is 63.4 Å². The smallest absolute Gasteiger partial charge is 0.263 e. The highest BCUT2D eigenvalue weighted by Gasteiger charge is 2.21. The van der Waals surface area contributed by atoms with E-state index in [0.29, 0.717) is 16.7 Å². The van der Waals surface area contributed by atoms with Gasteiger partial charge < -0.3 is 15.2 Å². The molecule has 160 valence electrons. The van der Waals surface area contributed by atoms with Crippen molar-refractivity contribution in [3.8, 4) is 0 Å². The van der Waals surface area contributed by atoms with Crippen LogP contribution in [0.15, 0.2) is 47.4 Å². The van der Waals surface area contributed by atoms with Crippen LogP contribution in [0.25, 0.3) is 0 Å². The number of nitrogens with one attached hydrogen (secondary N) is 2. The van der Waals surface area contributed by atoms with Crippen LogP contribution in [-0.4, -0.2) is 21.4 Å². The number of aromatic nitrogens is 2. The minimum atomic E-state index is -0.631. The largest absolute Gasteiger partial charge is 0.322 e. The Labute approximate surface area is 181 Å². The number of benzene rings is 1. The lowest BCUT2D eigenvalue weighted by molar-refractivity contribution is -0.116. The number of carbonyl (C=O) groups is 2. The summed E-state index contributed by atoms with van der Waals surface area (Å²) in [5.74, 6) is -0.842. The molecular weight excluding hydrogens is 419 g/mol. The van der Waals surface area contributed by atoms with Gasteiger partial charge in [0.15, 0.2) is 5.13 Å². The lowest BCUT2D eigenvalue weighted by Crippen LogP contribution is -2.32. The zero-order valence-corrected chi connectivity index (χ0v) is 17.7. The molecule has 2 aromatic heterocycles. The van der Waals surface area contributed by atoms with E-state index in [0.717, 1.165) is 25.0 Å². The van der Waals surface area contributed by atoms with Crippen molar-refractivity contribution in [3.05, 3.63) is 74.9 Å². The van der Waals surface area contributed by atoms with Gasteiger partial charge in [-0.05, 0) is 61.6 Å².